The molecule has 0 saturated carbocycles. The molecule has 6 heteroatoms. The number of fused-ring (bicyclic) bond motifs is 1. The van der Waals surface area contributed by atoms with Crippen molar-refractivity contribution in [1.29, 1.82) is 0 Å². The van der Waals surface area contributed by atoms with Crippen LogP contribution in [0.15, 0.2) is 72.3 Å². The SMILES string of the molecule is Cc1nc(COc2cccc(/C=C/C(=O)Nc3cccc4cccnc34)c2)cs1. The van der Waals surface area contributed by atoms with E-state index < -0.39 is 0 Å². The summed E-state index contributed by atoms with van der Waals surface area (Å²) in [6.07, 6.45) is 4.98. The fourth-order valence-corrected chi connectivity index (χ4v) is 3.49. The number of thiazole rings is 1. The molecule has 0 fully saturated rings. The first-order chi connectivity index (χ1) is 14.2. The molecule has 0 spiro atoms. The van der Waals surface area contributed by atoms with Crippen LogP contribution in [0.1, 0.15) is 16.3 Å². The van der Waals surface area contributed by atoms with Gasteiger partial charge in [-0.3, -0.25) is 9.78 Å². The van der Waals surface area contributed by atoms with Gasteiger partial charge in [0.25, 0.3) is 0 Å². The molecule has 29 heavy (non-hydrogen) atoms. The molecule has 144 valence electrons. The van der Waals surface area contributed by atoms with Gasteiger partial charge in [0, 0.05) is 23.0 Å². The lowest BCUT2D eigenvalue weighted by atomic mass is 10.2. The monoisotopic (exact) mass is 401 g/mol. The highest BCUT2D eigenvalue weighted by Gasteiger charge is 2.04. The van der Waals surface area contributed by atoms with Gasteiger partial charge < -0.3 is 10.1 Å². The van der Waals surface area contributed by atoms with Crippen LogP contribution >= 0.6 is 11.3 Å². The molecule has 0 bridgehead atoms. The van der Waals surface area contributed by atoms with Crippen molar-refractivity contribution in [1.82, 2.24) is 9.97 Å². The highest BCUT2D eigenvalue weighted by molar-refractivity contribution is 7.09. The lowest BCUT2D eigenvalue weighted by Crippen LogP contribution is -2.08. The van der Waals surface area contributed by atoms with E-state index in [2.05, 4.69) is 15.3 Å². The van der Waals surface area contributed by atoms with Gasteiger partial charge in [0.1, 0.15) is 12.4 Å². The number of rotatable bonds is 6. The number of amides is 1. The molecule has 0 aliphatic heterocycles. The summed E-state index contributed by atoms with van der Waals surface area (Å²) in [5, 5.41) is 6.89. The van der Waals surface area contributed by atoms with Gasteiger partial charge in [-0.05, 0) is 42.8 Å². The Morgan fingerprint density at radius 1 is 1.17 bits per heavy atom. The molecule has 1 N–H and O–H groups in total. The Morgan fingerprint density at radius 2 is 2.03 bits per heavy atom. The van der Waals surface area contributed by atoms with Gasteiger partial charge in [-0.15, -0.1) is 11.3 Å². The molecule has 0 radical (unpaired) electrons. The normalized spacial score (nSPS) is 11.1. The maximum Gasteiger partial charge on any atom is 0.248 e. The summed E-state index contributed by atoms with van der Waals surface area (Å²) in [6, 6.07) is 17.1. The number of hydrogen-bond donors (Lipinski definition) is 1. The zero-order chi connectivity index (χ0) is 20.1. The third kappa shape index (κ3) is 4.86. The largest absolute Gasteiger partial charge is 0.487 e. The van der Waals surface area contributed by atoms with Gasteiger partial charge in [0.15, 0.2) is 0 Å². The Morgan fingerprint density at radius 3 is 2.90 bits per heavy atom. The topological polar surface area (TPSA) is 64.1 Å². The predicted octanol–water partition coefficient (Wildman–Crippen LogP) is 5.23. The third-order valence-electron chi connectivity index (χ3n) is 4.23. The molecule has 0 saturated heterocycles. The van der Waals surface area contributed by atoms with Gasteiger partial charge >= 0.3 is 0 Å². The molecule has 1 amide bonds. The second-order valence-corrected chi connectivity index (χ2v) is 7.48. The van der Waals surface area contributed by atoms with Crippen LogP contribution in [0, 0.1) is 6.92 Å². The molecule has 0 atom stereocenters. The minimum Gasteiger partial charge on any atom is -0.487 e. The first kappa shape index (κ1) is 18.8. The Labute approximate surface area is 172 Å². The quantitative estimate of drug-likeness (QED) is 0.449. The van der Waals surface area contributed by atoms with E-state index in [-0.39, 0.29) is 5.91 Å². The van der Waals surface area contributed by atoms with Crippen LogP contribution in [0.25, 0.3) is 17.0 Å². The number of aryl methyl sites for hydroxylation is 1. The number of benzene rings is 2. The number of para-hydroxylation sites is 1. The fraction of sp³-hybridized carbons (Fsp3) is 0.0870. The van der Waals surface area contributed by atoms with Crippen molar-refractivity contribution in [2.75, 3.05) is 5.32 Å². The summed E-state index contributed by atoms with van der Waals surface area (Å²) >= 11 is 1.60. The number of ether oxygens (including phenoxy) is 1. The summed E-state index contributed by atoms with van der Waals surface area (Å²) in [4.78, 5) is 21.1. The number of carbonyl (C=O) groups excluding carboxylic acids is 1. The molecule has 4 aromatic rings. The van der Waals surface area contributed by atoms with E-state index in [1.165, 1.54) is 6.08 Å². The van der Waals surface area contributed by atoms with Crippen LogP contribution in [0.3, 0.4) is 0 Å². The lowest BCUT2D eigenvalue weighted by molar-refractivity contribution is -0.111. The Hall–Kier alpha value is -3.51. The number of nitrogens with zero attached hydrogens (tertiary/aromatic N) is 2. The fourth-order valence-electron chi connectivity index (χ4n) is 2.89. The number of pyridine rings is 1. The van der Waals surface area contributed by atoms with Crippen molar-refractivity contribution in [2.24, 2.45) is 0 Å². The van der Waals surface area contributed by atoms with E-state index in [1.807, 2.05) is 66.9 Å². The van der Waals surface area contributed by atoms with Crippen LogP contribution in [0.4, 0.5) is 5.69 Å². The molecule has 0 unspecified atom stereocenters. The predicted molar refractivity (Wildman–Crippen MR) is 117 cm³/mol. The summed E-state index contributed by atoms with van der Waals surface area (Å²) < 4.78 is 5.80. The average molecular weight is 401 g/mol. The highest BCUT2D eigenvalue weighted by Crippen LogP contribution is 2.21. The zero-order valence-electron chi connectivity index (χ0n) is 15.8. The number of carbonyl (C=O) groups is 1. The van der Waals surface area contributed by atoms with Crippen molar-refractivity contribution >= 4 is 39.9 Å². The van der Waals surface area contributed by atoms with Crippen molar-refractivity contribution in [3.05, 3.63) is 88.5 Å². The van der Waals surface area contributed by atoms with Gasteiger partial charge in [-0.1, -0.05) is 30.3 Å². The molecule has 2 aromatic heterocycles. The molecule has 0 aliphatic carbocycles. The number of nitrogens with one attached hydrogen (secondary N) is 1. The molecule has 5 nitrogen and oxygen atoms in total. The van der Waals surface area contributed by atoms with Crippen LogP contribution in [0.2, 0.25) is 0 Å². The number of hydrogen-bond acceptors (Lipinski definition) is 5. The van der Waals surface area contributed by atoms with E-state index in [9.17, 15) is 4.79 Å². The maximum absolute atomic E-state index is 12.4. The van der Waals surface area contributed by atoms with Crippen LogP contribution in [-0.2, 0) is 11.4 Å². The lowest BCUT2D eigenvalue weighted by Gasteiger charge is -2.06. The standard InChI is InChI=1S/C23H19N3O2S/c1-16-25-19(15-29-16)14-28-20-8-2-5-17(13-20)10-11-22(27)26-21-9-3-6-18-7-4-12-24-23(18)21/h2-13,15H,14H2,1H3,(H,26,27)/b11-10+. The van der Waals surface area contributed by atoms with Crippen molar-refractivity contribution in [3.8, 4) is 5.75 Å². The second kappa shape index (κ2) is 8.67. The molecule has 2 heterocycles. The summed E-state index contributed by atoms with van der Waals surface area (Å²) in [7, 11) is 0. The van der Waals surface area contributed by atoms with E-state index in [1.54, 1.807) is 23.6 Å². The maximum atomic E-state index is 12.4. The van der Waals surface area contributed by atoms with Gasteiger partial charge in [-0.25, -0.2) is 4.98 Å². The summed E-state index contributed by atoms with van der Waals surface area (Å²) in [5.41, 5.74) is 3.25. The molecular formula is C23H19N3O2S. The van der Waals surface area contributed by atoms with Crippen LogP contribution < -0.4 is 10.1 Å². The summed E-state index contributed by atoms with van der Waals surface area (Å²) in [6.45, 7) is 2.39. The zero-order valence-corrected chi connectivity index (χ0v) is 16.6. The Balaban J connectivity index is 1.41. The van der Waals surface area contributed by atoms with Crippen molar-refractivity contribution in [2.45, 2.75) is 13.5 Å². The Bertz CT molecular complexity index is 1180. The van der Waals surface area contributed by atoms with Crippen LogP contribution in [0.5, 0.6) is 5.75 Å². The van der Waals surface area contributed by atoms with Crippen LogP contribution in [-0.4, -0.2) is 15.9 Å². The van der Waals surface area contributed by atoms with E-state index in [0.29, 0.717) is 12.3 Å². The van der Waals surface area contributed by atoms with Gasteiger partial charge in [-0.2, -0.15) is 0 Å². The number of anilines is 1. The molecule has 4 rings (SSSR count). The Kier molecular flexibility index (Phi) is 5.63. The molecule has 0 aliphatic rings. The minimum absolute atomic E-state index is 0.215. The second-order valence-electron chi connectivity index (χ2n) is 6.42. The summed E-state index contributed by atoms with van der Waals surface area (Å²) in [5.74, 6) is 0.517. The molecular weight excluding hydrogens is 382 g/mol. The van der Waals surface area contributed by atoms with E-state index in [4.69, 9.17) is 4.74 Å². The van der Waals surface area contributed by atoms with E-state index >= 15 is 0 Å². The van der Waals surface area contributed by atoms with Crippen molar-refractivity contribution < 1.29 is 9.53 Å². The van der Waals surface area contributed by atoms with Gasteiger partial charge in [0.2, 0.25) is 5.91 Å². The average Bonchev–Trinajstić information content (AvgIpc) is 3.17. The third-order valence-corrected chi connectivity index (χ3v) is 5.05. The van der Waals surface area contributed by atoms with Crippen molar-refractivity contribution in [3.63, 3.8) is 0 Å². The first-order valence-corrected chi connectivity index (χ1v) is 10.0. The smallest absolute Gasteiger partial charge is 0.248 e. The van der Waals surface area contributed by atoms with Gasteiger partial charge in [0.05, 0.1) is 21.9 Å². The highest BCUT2D eigenvalue weighted by atomic mass is 32.1. The number of aromatic nitrogens is 2. The molecule has 2 aromatic carbocycles. The minimum atomic E-state index is -0.215. The van der Waals surface area contributed by atoms with E-state index in [0.717, 1.165) is 32.9 Å². The first-order valence-electron chi connectivity index (χ1n) is 9.14.